The van der Waals surface area contributed by atoms with Gasteiger partial charge in [-0.25, -0.2) is 9.97 Å². The van der Waals surface area contributed by atoms with Gasteiger partial charge in [-0.1, -0.05) is 13.8 Å². The van der Waals surface area contributed by atoms with E-state index in [1.807, 2.05) is 12.3 Å². The zero-order chi connectivity index (χ0) is 10.1. The molecule has 1 aromatic rings. The lowest BCUT2D eigenvalue weighted by Crippen LogP contribution is -2.16. The van der Waals surface area contributed by atoms with Crippen LogP contribution in [0.4, 0.5) is 0 Å². The van der Waals surface area contributed by atoms with Crippen molar-refractivity contribution in [2.24, 2.45) is 11.7 Å². The zero-order valence-electron chi connectivity index (χ0n) is 8.77. The smallest absolute Gasteiger partial charge is 0.145 e. The maximum Gasteiger partial charge on any atom is 0.145 e. The molecule has 2 N–H and O–H groups in total. The normalized spacial score (nSPS) is 18.6. The molecule has 3 heteroatoms. The molecule has 3 nitrogen and oxygen atoms in total. The third-order valence-corrected chi connectivity index (χ3v) is 2.72. The molecular weight excluding hydrogens is 174 g/mol. The summed E-state index contributed by atoms with van der Waals surface area (Å²) >= 11 is 0. The second-order valence-electron chi connectivity index (χ2n) is 4.36. The molecule has 0 spiro atoms. The lowest BCUT2D eigenvalue weighted by molar-refractivity contribution is 0.585. The number of aromatic nitrogens is 2. The van der Waals surface area contributed by atoms with Gasteiger partial charge >= 0.3 is 0 Å². The van der Waals surface area contributed by atoms with Crippen LogP contribution in [0, 0.1) is 5.92 Å². The number of nitrogens with two attached hydrogens (primary N) is 1. The summed E-state index contributed by atoms with van der Waals surface area (Å²) in [6.45, 7) is 4.27. The first-order valence-electron chi connectivity index (χ1n) is 5.27. The molecule has 1 saturated carbocycles. The molecule has 1 aliphatic rings. The van der Waals surface area contributed by atoms with E-state index in [1.54, 1.807) is 0 Å². The third kappa shape index (κ3) is 1.93. The molecular formula is C11H17N3. The summed E-state index contributed by atoms with van der Waals surface area (Å²) in [6, 6.07) is 2.02. The zero-order valence-corrected chi connectivity index (χ0v) is 8.77. The second-order valence-corrected chi connectivity index (χ2v) is 4.36. The Morgan fingerprint density at radius 1 is 1.43 bits per heavy atom. The predicted octanol–water partition coefficient (Wildman–Crippen LogP) is 2.01. The molecule has 0 saturated heterocycles. The van der Waals surface area contributed by atoms with Crippen molar-refractivity contribution in [2.75, 3.05) is 0 Å². The predicted molar refractivity (Wildman–Crippen MR) is 55.8 cm³/mol. The lowest BCUT2D eigenvalue weighted by atomic mass is 10.1. The van der Waals surface area contributed by atoms with E-state index >= 15 is 0 Å². The minimum absolute atomic E-state index is 0.0497. The minimum atomic E-state index is 0.0497. The van der Waals surface area contributed by atoms with Crippen LogP contribution in [0.1, 0.15) is 50.2 Å². The van der Waals surface area contributed by atoms with Crippen molar-refractivity contribution < 1.29 is 0 Å². The molecule has 76 valence electrons. The Kier molecular flexibility index (Phi) is 2.50. The fraction of sp³-hybridized carbons (Fsp3) is 0.636. The summed E-state index contributed by atoms with van der Waals surface area (Å²) in [7, 11) is 0. The van der Waals surface area contributed by atoms with Crippen LogP contribution in [-0.2, 0) is 0 Å². The molecule has 0 aromatic carbocycles. The van der Waals surface area contributed by atoms with E-state index in [-0.39, 0.29) is 6.04 Å². The molecule has 1 atom stereocenters. The van der Waals surface area contributed by atoms with Crippen LogP contribution in [0.2, 0.25) is 0 Å². The van der Waals surface area contributed by atoms with E-state index in [2.05, 4.69) is 23.8 Å². The SMILES string of the molecule is CC(C)c1ccnc(C(N)C2CC2)n1. The molecule has 0 radical (unpaired) electrons. The van der Waals surface area contributed by atoms with Gasteiger partial charge < -0.3 is 5.73 Å². The monoisotopic (exact) mass is 191 g/mol. The van der Waals surface area contributed by atoms with Crippen molar-refractivity contribution in [2.45, 2.75) is 38.6 Å². The lowest BCUT2D eigenvalue weighted by Gasteiger charge is -2.11. The number of hydrogen-bond donors (Lipinski definition) is 1. The molecule has 1 aromatic heterocycles. The van der Waals surface area contributed by atoms with E-state index in [1.165, 1.54) is 12.8 Å². The Morgan fingerprint density at radius 3 is 2.71 bits per heavy atom. The van der Waals surface area contributed by atoms with Crippen molar-refractivity contribution in [3.63, 3.8) is 0 Å². The molecule has 0 amide bonds. The largest absolute Gasteiger partial charge is 0.321 e. The minimum Gasteiger partial charge on any atom is -0.321 e. The highest BCUT2D eigenvalue weighted by Gasteiger charge is 2.31. The summed E-state index contributed by atoms with van der Waals surface area (Å²) in [6.07, 6.45) is 4.28. The topological polar surface area (TPSA) is 51.8 Å². The van der Waals surface area contributed by atoms with Crippen molar-refractivity contribution in [3.8, 4) is 0 Å². The van der Waals surface area contributed by atoms with Crippen LogP contribution in [0.15, 0.2) is 12.3 Å². The first-order chi connectivity index (χ1) is 6.68. The Labute approximate surface area is 84.8 Å². The van der Waals surface area contributed by atoms with Gasteiger partial charge in [-0.15, -0.1) is 0 Å². The van der Waals surface area contributed by atoms with E-state index in [0.29, 0.717) is 11.8 Å². The Bertz CT molecular complexity index is 318. The number of hydrogen-bond acceptors (Lipinski definition) is 3. The average molecular weight is 191 g/mol. The molecule has 2 rings (SSSR count). The van der Waals surface area contributed by atoms with Crippen LogP contribution < -0.4 is 5.73 Å². The van der Waals surface area contributed by atoms with Gasteiger partial charge in [0.05, 0.1) is 6.04 Å². The van der Waals surface area contributed by atoms with Gasteiger partial charge in [0.25, 0.3) is 0 Å². The first-order valence-corrected chi connectivity index (χ1v) is 5.27. The highest BCUT2D eigenvalue weighted by Crippen LogP contribution is 2.38. The summed E-state index contributed by atoms with van der Waals surface area (Å²) in [5, 5.41) is 0. The van der Waals surface area contributed by atoms with Gasteiger partial charge in [0.1, 0.15) is 5.82 Å². The molecule has 1 unspecified atom stereocenters. The Balaban J connectivity index is 2.20. The van der Waals surface area contributed by atoms with E-state index in [9.17, 15) is 0 Å². The van der Waals surface area contributed by atoms with E-state index in [0.717, 1.165) is 11.5 Å². The van der Waals surface area contributed by atoms with Gasteiger partial charge in [0.2, 0.25) is 0 Å². The average Bonchev–Trinajstić information content (AvgIpc) is 3.00. The van der Waals surface area contributed by atoms with E-state index < -0.39 is 0 Å². The van der Waals surface area contributed by atoms with Crippen molar-refractivity contribution >= 4 is 0 Å². The summed E-state index contributed by atoms with van der Waals surface area (Å²) < 4.78 is 0. The van der Waals surface area contributed by atoms with Crippen molar-refractivity contribution in [3.05, 3.63) is 23.8 Å². The van der Waals surface area contributed by atoms with Gasteiger partial charge in [-0.3, -0.25) is 0 Å². The molecule has 0 aliphatic heterocycles. The maximum atomic E-state index is 6.04. The Hall–Kier alpha value is -0.960. The maximum absolute atomic E-state index is 6.04. The quantitative estimate of drug-likeness (QED) is 0.795. The van der Waals surface area contributed by atoms with E-state index in [4.69, 9.17) is 5.73 Å². The van der Waals surface area contributed by atoms with Crippen LogP contribution >= 0.6 is 0 Å². The highest BCUT2D eigenvalue weighted by atomic mass is 14.9. The fourth-order valence-electron chi connectivity index (χ4n) is 1.54. The molecule has 14 heavy (non-hydrogen) atoms. The van der Waals surface area contributed by atoms with Gasteiger partial charge in [-0.05, 0) is 30.7 Å². The van der Waals surface area contributed by atoms with Crippen LogP contribution in [0.5, 0.6) is 0 Å². The highest BCUT2D eigenvalue weighted by molar-refractivity contribution is 5.10. The number of rotatable bonds is 3. The second kappa shape index (κ2) is 3.65. The molecule has 0 bridgehead atoms. The molecule has 1 fully saturated rings. The van der Waals surface area contributed by atoms with Gasteiger partial charge in [0, 0.05) is 11.9 Å². The summed E-state index contributed by atoms with van der Waals surface area (Å²) in [5.74, 6) is 1.89. The van der Waals surface area contributed by atoms with Crippen LogP contribution in [-0.4, -0.2) is 9.97 Å². The van der Waals surface area contributed by atoms with Gasteiger partial charge in [-0.2, -0.15) is 0 Å². The Morgan fingerprint density at radius 2 is 2.14 bits per heavy atom. The third-order valence-electron chi connectivity index (χ3n) is 2.72. The fourth-order valence-corrected chi connectivity index (χ4v) is 1.54. The van der Waals surface area contributed by atoms with Crippen LogP contribution in [0.3, 0.4) is 0 Å². The summed E-state index contributed by atoms with van der Waals surface area (Å²) in [4.78, 5) is 8.74. The first kappa shape index (κ1) is 9.59. The molecule has 1 heterocycles. The number of nitrogens with zero attached hydrogens (tertiary/aromatic N) is 2. The van der Waals surface area contributed by atoms with Crippen molar-refractivity contribution in [1.29, 1.82) is 0 Å². The summed E-state index contributed by atoms with van der Waals surface area (Å²) in [5.41, 5.74) is 7.13. The molecule has 1 aliphatic carbocycles. The van der Waals surface area contributed by atoms with Gasteiger partial charge in [0.15, 0.2) is 0 Å². The van der Waals surface area contributed by atoms with Crippen LogP contribution in [0.25, 0.3) is 0 Å². The van der Waals surface area contributed by atoms with Crippen molar-refractivity contribution in [1.82, 2.24) is 9.97 Å². The standard InChI is InChI=1S/C11H17N3/c1-7(2)9-5-6-13-11(14-9)10(12)8-3-4-8/h5-8,10H,3-4,12H2,1-2H3.